The highest BCUT2D eigenvalue weighted by atomic mass is 19.4. The molecule has 1 N–H and O–H groups in total. The summed E-state index contributed by atoms with van der Waals surface area (Å²) in [7, 11) is 0. The molecule has 2 rings (SSSR count). The molecule has 0 aliphatic heterocycles. The lowest BCUT2D eigenvalue weighted by Crippen LogP contribution is -2.10. The Bertz CT molecular complexity index is 482. The highest BCUT2D eigenvalue weighted by molar-refractivity contribution is 5.36. The van der Waals surface area contributed by atoms with Crippen LogP contribution < -0.4 is 5.32 Å². The quantitative estimate of drug-likeness (QED) is 0.900. The molecule has 17 heavy (non-hydrogen) atoms. The topological polar surface area (TPSA) is 51.0 Å². The number of anilines is 1. The van der Waals surface area contributed by atoms with Gasteiger partial charge >= 0.3 is 6.18 Å². The molecular formula is C10H8F3N3O. The normalized spacial score (nSPS) is 11.5. The number of halogens is 3. The fraction of sp³-hybridized carbons (Fsp3) is 0.200. The van der Waals surface area contributed by atoms with E-state index in [2.05, 4.69) is 15.5 Å². The average Bonchev–Trinajstić information content (AvgIpc) is 2.78. The van der Waals surface area contributed by atoms with Gasteiger partial charge in [0.1, 0.15) is 11.5 Å². The van der Waals surface area contributed by atoms with Crippen LogP contribution in [0.5, 0.6) is 0 Å². The molecule has 90 valence electrons. The summed E-state index contributed by atoms with van der Waals surface area (Å²) < 4.78 is 41.9. The Morgan fingerprint density at radius 2 is 2.06 bits per heavy atom. The van der Waals surface area contributed by atoms with E-state index in [1.807, 2.05) is 0 Å². The van der Waals surface area contributed by atoms with Gasteiger partial charge in [0.15, 0.2) is 5.76 Å². The van der Waals surface area contributed by atoms with E-state index in [1.165, 1.54) is 18.3 Å². The van der Waals surface area contributed by atoms with Crippen molar-refractivity contribution in [1.29, 1.82) is 0 Å². The van der Waals surface area contributed by atoms with Crippen LogP contribution in [-0.2, 0) is 12.7 Å². The van der Waals surface area contributed by atoms with Crippen LogP contribution in [0.3, 0.4) is 0 Å². The van der Waals surface area contributed by atoms with E-state index in [1.54, 1.807) is 6.07 Å². The Labute approximate surface area is 94.4 Å². The molecule has 0 saturated heterocycles. The summed E-state index contributed by atoms with van der Waals surface area (Å²) in [6, 6.07) is 5.27. The first-order chi connectivity index (χ1) is 8.05. The zero-order chi connectivity index (χ0) is 12.3. The SMILES string of the molecule is FC(F)(F)c1cccc(NCc2ccno2)n1. The summed E-state index contributed by atoms with van der Waals surface area (Å²) in [6.45, 7) is 0.230. The van der Waals surface area contributed by atoms with Gasteiger partial charge in [-0.05, 0) is 12.1 Å². The van der Waals surface area contributed by atoms with E-state index in [-0.39, 0.29) is 12.4 Å². The maximum Gasteiger partial charge on any atom is 0.433 e. The third kappa shape index (κ3) is 2.96. The van der Waals surface area contributed by atoms with Gasteiger partial charge in [-0.3, -0.25) is 0 Å². The van der Waals surface area contributed by atoms with Gasteiger partial charge in [0.25, 0.3) is 0 Å². The van der Waals surface area contributed by atoms with Crippen molar-refractivity contribution in [2.45, 2.75) is 12.7 Å². The summed E-state index contributed by atoms with van der Waals surface area (Å²) >= 11 is 0. The predicted molar refractivity (Wildman–Crippen MR) is 53.1 cm³/mol. The fourth-order valence-corrected chi connectivity index (χ4v) is 1.20. The van der Waals surface area contributed by atoms with Gasteiger partial charge in [0.2, 0.25) is 0 Å². The van der Waals surface area contributed by atoms with Crippen LogP contribution in [0.25, 0.3) is 0 Å². The third-order valence-electron chi connectivity index (χ3n) is 1.97. The molecule has 7 heteroatoms. The number of alkyl halides is 3. The first kappa shape index (κ1) is 11.4. The van der Waals surface area contributed by atoms with Gasteiger partial charge < -0.3 is 9.84 Å². The second-order valence-corrected chi connectivity index (χ2v) is 3.24. The van der Waals surface area contributed by atoms with Crippen LogP contribution in [0.15, 0.2) is 35.0 Å². The molecule has 2 heterocycles. The maximum atomic E-state index is 12.4. The van der Waals surface area contributed by atoms with Crippen LogP contribution in [-0.4, -0.2) is 10.1 Å². The van der Waals surface area contributed by atoms with Gasteiger partial charge in [-0.1, -0.05) is 11.2 Å². The molecule has 0 aliphatic rings. The molecule has 0 spiro atoms. The van der Waals surface area contributed by atoms with E-state index >= 15 is 0 Å². The van der Waals surface area contributed by atoms with Gasteiger partial charge in [-0.2, -0.15) is 13.2 Å². The molecule has 2 aromatic rings. The summed E-state index contributed by atoms with van der Waals surface area (Å²) in [5, 5.41) is 6.19. The van der Waals surface area contributed by atoms with Gasteiger partial charge in [0, 0.05) is 6.07 Å². The van der Waals surface area contributed by atoms with Crippen molar-refractivity contribution in [3.8, 4) is 0 Å². The summed E-state index contributed by atoms with van der Waals surface area (Å²) in [4.78, 5) is 3.45. The maximum absolute atomic E-state index is 12.4. The van der Waals surface area contributed by atoms with E-state index < -0.39 is 11.9 Å². The smallest absolute Gasteiger partial charge is 0.363 e. The summed E-state index contributed by atoms with van der Waals surface area (Å²) in [5.74, 6) is 0.653. The molecule has 0 fully saturated rings. The molecule has 0 bridgehead atoms. The lowest BCUT2D eigenvalue weighted by atomic mass is 10.3. The van der Waals surface area contributed by atoms with Crippen molar-refractivity contribution in [1.82, 2.24) is 10.1 Å². The first-order valence-corrected chi connectivity index (χ1v) is 4.73. The van der Waals surface area contributed by atoms with Crippen molar-refractivity contribution in [3.63, 3.8) is 0 Å². The zero-order valence-corrected chi connectivity index (χ0v) is 8.53. The number of nitrogens with zero attached hydrogens (tertiary/aromatic N) is 2. The van der Waals surface area contributed by atoms with Crippen LogP contribution in [0.1, 0.15) is 11.5 Å². The molecule has 0 aromatic carbocycles. The fourth-order valence-electron chi connectivity index (χ4n) is 1.20. The number of pyridine rings is 1. The summed E-state index contributed by atoms with van der Waals surface area (Å²) in [5.41, 5.74) is -0.930. The van der Waals surface area contributed by atoms with Gasteiger partial charge in [0.05, 0.1) is 12.7 Å². The molecule has 0 unspecified atom stereocenters. The lowest BCUT2D eigenvalue weighted by molar-refractivity contribution is -0.141. The largest absolute Gasteiger partial charge is 0.433 e. The molecular weight excluding hydrogens is 235 g/mol. The molecule has 0 radical (unpaired) electrons. The molecule has 4 nitrogen and oxygen atoms in total. The van der Waals surface area contributed by atoms with E-state index in [0.717, 1.165) is 6.07 Å². The summed E-state index contributed by atoms with van der Waals surface area (Å²) in [6.07, 6.45) is -2.99. The highest BCUT2D eigenvalue weighted by Crippen LogP contribution is 2.28. The van der Waals surface area contributed by atoms with E-state index in [4.69, 9.17) is 4.52 Å². The predicted octanol–water partition coefficient (Wildman–Crippen LogP) is 2.70. The Kier molecular flexibility index (Phi) is 2.99. The minimum Gasteiger partial charge on any atom is -0.363 e. The van der Waals surface area contributed by atoms with Crippen LogP contribution in [0.2, 0.25) is 0 Å². The number of hydrogen-bond acceptors (Lipinski definition) is 4. The third-order valence-corrected chi connectivity index (χ3v) is 1.97. The van der Waals surface area contributed by atoms with Crippen LogP contribution >= 0.6 is 0 Å². The minimum atomic E-state index is -4.44. The Morgan fingerprint density at radius 1 is 1.24 bits per heavy atom. The van der Waals surface area contributed by atoms with Crippen molar-refractivity contribution in [2.75, 3.05) is 5.32 Å². The Morgan fingerprint density at radius 3 is 2.71 bits per heavy atom. The molecule has 0 amide bonds. The lowest BCUT2D eigenvalue weighted by Gasteiger charge is -2.08. The molecule has 0 saturated carbocycles. The number of rotatable bonds is 3. The number of hydrogen-bond donors (Lipinski definition) is 1. The molecule has 0 atom stereocenters. The Hall–Kier alpha value is -2.05. The second kappa shape index (κ2) is 4.44. The van der Waals surface area contributed by atoms with Crippen molar-refractivity contribution < 1.29 is 17.7 Å². The van der Waals surface area contributed by atoms with Gasteiger partial charge in [-0.25, -0.2) is 4.98 Å². The zero-order valence-electron chi connectivity index (χ0n) is 8.53. The van der Waals surface area contributed by atoms with Crippen molar-refractivity contribution in [3.05, 3.63) is 41.9 Å². The first-order valence-electron chi connectivity index (χ1n) is 4.73. The van der Waals surface area contributed by atoms with Gasteiger partial charge in [-0.15, -0.1) is 0 Å². The van der Waals surface area contributed by atoms with E-state index in [9.17, 15) is 13.2 Å². The number of aromatic nitrogens is 2. The Balaban J connectivity index is 2.07. The monoisotopic (exact) mass is 243 g/mol. The van der Waals surface area contributed by atoms with Crippen molar-refractivity contribution >= 4 is 5.82 Å². The second-order valence-electron chi connectivity index (χ2n) is 3.24. The average molecular weight is 243 g/mol. The molecule has 0 aliphatic carbocycles. The van der Waals surface area contributed by atoms with Crippen LogP contribution in [0, 0.1) is 0 Å². The van der Waals surface area contributed by atoms with Crippen LogP contribution in [0.4, 0.5) is 19.0 Å². The van der Waals surface area contributed by atoms with E-state index in [0.29, 0.717) is 5.76 Å². The standard InChI is InChI=1S/C10H8F3N3O/c11-10(12,13)8-2-1-3-9(16-8)14-6-7-4-5-15-17-7/h1-5H,6H2,(H,14,16). The highest BCUT2D eigenvalue weighted by Gasteiger charge is 2.32. The molecule has 2 aromatic heterocycles. The minimum absolute atomic E-state index is 0.135. The number of nitrogens with one attached hydrogen (secondary N) is 1. The van der Waals surface area contributed by atoms with Crippen molar-refractivity contribution in [2.24, 2.45) is 0 Å².